The predicted octanol–water partition coefficient (Wildman–Crippen LogP) is 1.95. The molecular formula is C11H14N2O4. The summed E-state index contributed by atoms with van der Waals surface area (Å²) in [5, 5.41) is 24.1. The Hall–Kier alpha value is -1.66. The lowest BCUT2D eigenvalue weighted by Crippen LogP contribution is -2.04. The molecule has 0 radical (unpaired) electrons. The van der Waals surface area contributed by atoms with E-state index in [0.717, 1.165) is 0 Å². The lowest BCUT2D eigenvalue weighted by atomic mass is 9.91. The van der Waals surface area contributed by atoms with Crippen molar-refractivity contribution in [2.24, 2.45) is 10.4 Å². The van der Waals surface area contributed by atoms with Crippen molar-refractivity contribution < 1.29 is 10.2 Å². The zero-order valence-corrected chi connectivity index (χ0v) is 9.73. The molecule has 6 heteroatoms. The van der Waals surface area contributed by atoms with Gasteiger partial charge in [0.1, 0.15) is 12.2 Å². The second-order valence-corrected chi connectivity index (χ2v) is 3.73. The number of aliphatic hydroxyl groups is 2. The molecule has 1 aromatic rings. The lowest BCUT2D eigenvalue weighted by molar-refractivity contribution is 0.273. The molecule has 0 aliphatic rings. The number of benzene rings is 1. The summed E-state index contributed by atoms with van der Waals surface area (Å²) in [4.78, 5) is 21.2. The standard InChI is InChI=1S/C11H14N2O4/c1-6-8(3-12-16)11(13-17)10(5-15)7(2)9(6)4-14/h14-15H,3-5H2,1-2H3. The molecule has 0 saturated heterocycles. The molecule has 0 unspecified atom stereocenters. The van der Waals surface area contributed by atoms with Crippen LogP contribution in [-0.2, 0) is 19.8 Å². The molecule has 6 nitrogen and oxygen atoms in total. The molecule has 0 fully saturated rings. The van der Waals surface area contributed by atoms with E-state index in [2.05, 4.69) is 10.4 Å². The maximum Gasteiger partial charge on any atom is 0.119 e. The zero-order valence-electron chi connectivity index (χ0n) is 9.73. The summed E-state index contributed by atoms with van der Waals surface area (Å²) in [6.45, 7) is 2.58. The molecular weight excluding hydrogens is 224 g/mol. The number of nitrogens with zero attached hydrogens (tertiary/aromatic N) is 2. The van der Waals surface area contributed by atoms with E-state index < -0.39 is 0 Å². The van der Waals surface area contributed by atoms with Gasteiger partial charge in [0.2, 0.25) is 0 Å². The van der Waals surface area contributed by atoms with Gasteiger partial charge in [-0.05, 0) is 35.7 Å². The molecule has 0 heterocycles. The van der Waals surface area contributed by atoms with E-state index in [-0.39, 0.29) is 25.4 Å². The van der Waals surface area contributed by atoms with Crippen LogP contribution < -0.4 is 0 Å². The van der Waals surface area contributed by atoms with E-state index in [1.54, 1.807) is 13.8 Å². The first-order chi connectivity index (χ1) is 8.12. The number of rotatable bonds is 5. The van der Waals surface area contributed by atoms with Crippen LogP contribution in [0.2, 0.25) is 0 Å². The van der Waals surface area contributed by atoms with Crippen molar-refractivity contribution in [3.63, 3.8) is 0 Å². The van der Waals surface area contributed by atoms with Gasteiger partial charge in [-0.15, -0.1) is 4.91 Å². The molecule has 0 aromatic heterocycles. The molecule has 0 aliphatic heterocycles. The van der Waals surface area contributed by atoms with Crippen LogP contribution in [0.1, 0.15) is 27.8 Å². The minimum Gasteiger partial charge on any atom is -0.392 e. The normalized spacial score (nSPS) is 10.4. The summed E-state index contributed by atoms with van der Waals surface area (Å²) in [5.41, 5.74) is 2.61. The van der Waals surface area contributed by atoms with Crippen molar-refractivity contribution >= 4 is 5.69 Å². The van der Waals surface area contributed by atoms with Gasteiger partial charge in [-0.25, -0.2) is 0 Å². The molecule has 0 bridgehead atoms. The molecule has 17 heavy (non-hydrogen) atoms. The minimum atomic E-state index is -0.369. The molecule has 2 N–H and O–H groups in total. The van der Waals surface area contributed by atoms with Gasteiger partial charge in [0, 0.05) is 11.1 Å². The largest absolute Gasteiger partial charge is 0.392 e. The smallest absolute Gasteiger partial charge is 0.119 e. The number of hydrogen-bond donors (Lipinski definition) is 2. The second-order valence-electron chi connectivity index (χ2n) is 3.73. The highest BCUT2D eigenvalue weighted by Crippen LogP contribution is 2.34. The Morgan fingerprint density at radius 2 is 1.47 bits per heavy atom. The maximum atomic E-state index is 10.8. The molecule has 0 saturated carbocycles. The molecule has 0 atom stereocenters. The maximum absolute atomic E-state index is 10.8. The highest BCUT2D eigenvalue weighted by Gasteiger charge is 2.19. The van der Waals surface area contributed by atoms with E-state index in [4.69, 9.17) is 0 Å². The van der Waals surface area contributed by atoms with Crippen LogP contribution in [0.4, 0.5) is 5.69 Å². The fourth-order valence-electron chi connectivity index (χ4n) is 1.98. The average Bonchev–Trinajstić information content (AvgIpc) is 2.33. The minimum absolute atomic E-state index is 0.0549. The number of aliphatic hydroxyl groups excluding tert-OH is 2. The van der Waals surface area contributed by atoms with Gasteiger partial charge in [0.15, 0.2) is 0 Å². The van der Waals surface area contributed by atoms with Crippen LogP contribution in [-0.4, -0.2) is 10.2 Å². The summed E-state index contributed by atoms with van der Waals surface area (Å²) in [6.07, 6.45) is 0. The van der Waals surface area contributed by atoms with E-state index in [1.165, 1.54) is 0 Å². The molecule has 1 aromatic carbocycles. The fourth-order valence-corrected chi connectivity index (χ4v) is 1.98. The first kappa shape index (κ1) is 13.4. The quantitative estimate of drug-likeness (QED) is 0.765. The third kappa shape index (κ3) is 2.22. The SMILES string of the molecule is Cc1c(CO)c(C)c(CN=O)c(N=O)c1CO. The Bertz CT molecular complexity index is 458. The van der Waals surface area contributed by atoms with Gasteiger partial charge in [-0.3, -0.25) is 0 Å². The summed E-state index contributed by atoms with van der Waals surface area (Å²) in [6, 6.07) is 0. The van der Waals surface area contributed by atoms with Crippen LogP contribution >= 0.6 is 0 Å². The molecule has 0 aliphatic carbocycles. The van der Waals surface area contributed by atoms with E-state index >= 15 is 0 Å². The number of nitroso groups, excluding NO2 is 2. The van der Waals surface area contributed by atoms with Gasteiger partial charge in [0.25, 0.3) is 0 Å². The van der Waals surface area contributed by atoms with Crippen molar-refractivity contribution in [3.05, 3.63) is 37.6 Å². The molecule has 0 amide bonds. The third-order valence-electron chi connectivity index (χ3n) is 3.01. The monoisotopic (exact) mass is 238 g/mol. The van der Waals surface area contributed by atoms with Crippen molar-refractivity contribution in [1.82, 2.24) is 0 Å². The predicted molar refractivity (Wildman–Crippen MR) is 62.7 cm³/mol. The average molecular weight is 238 g/mol. The summed E-state index contributed by atoms with van der Waals surface area (Å²) in [5.74, 6) is 0. The third-order valence-corrected chi connectivity index (χ3v) is 3.01. The molecule has 1 rings (SSSR count). The first-order valence-electron chi connectivity index (χ1n) is 5.10. The topological polar surface area (TPSA) is 99.3 Å². The van der Waals surface area contributed by atoms with E-state index in [9.17, 15) is 20.0 Å². The van der Waals surface area contributed by atoms with Gasteiger partial charge in [0.05, 0.1) is 13.2 Å². The fraction of sp³-hybridized carbons (Fsp3) is 0.455. The van der Waals surface area contributed by atoms with Crippen molar-refractivity contribution in [3.8, 4) is 0 Å². The van der Waals surface area contributed by atoms with Crippen LogP contribution in [0, 0.1) is 23.7 Å². The number of hydrogen-bond acceptors (Lipinski definition) is 6. The van der Waals surface area contributed by atoms with Crippen LogP contribution in [0.25, 0.3) is 0 Å². The Morgan fingerprint density at radius 3 is 1.88 bits per heavy atom. The van der Waals surface area contributed by atoms with E-state index in [1.807, 2.05) is 0 Å². The Morgan fingerprint density at radius 1 is 0.941 bits per heavy atom. The van der Waals surface area contributed by atoms with Gasteiger partial charge in [-0.1, -0.05) is 5.18 Å². The van der Waals surface area contributed by atoms with Gasteiger partial charge >= 0.3 is 0 Å². The van der Waals surface area contributed by atoms with Gasteiger partial charge in [-0.2, -0.15) is 4.91 Å². The van der Waals surface area contributed by atoms with Crippen LogP contribution in [0.5, 0.6) is 0 Å². The molecule has 0 spiro atoms. The summed E-state index contributed by atoms with van der Waals surface area (Å²) in [7, 11) is 0. The van der Waals surface area contributed by atoms with Crippen molar-refractivity contribution in [2.75, 3.05) is 0 Å². The Balaban J connectivity index is 3.67. The zero-order chi connectivity index (χ0) is 13.0. The second kappa shape index (κ2) is 5.60. The van der Waals surface area contributed by atoms with Crippen LogP contribution in [0.3, 0.4) is 0 Å². The van der Waals surface area contributed by atoms with Crippen molar-refractivity contribution in [2.45, 2.75) is 33.6 Å². The Labute approximate surface area is 98.2 Å². The van der Waals surface area contributed by atoms with Crippen LogP contribution in [0.15, 0.2) is 10.4 Å². The molecule has 92 valence electrons. The van der Waals surface area contributed by atoms with Crippen molar-refractivity contribution in [1.29, 1.82) is 0 Å². The summed E-state index contributed by atoms with van der Waals surface area (Å²) >= 11 is 0. The highest BCUT2D eigenvalue weighted by atomic mass is 16.3. The highest BCUT2D eigenvalue weighted by molar-refractivity contribution is 5.62. The summed E-state index contributed by atoms with van der Waals surface area (Å²) < 4.78 is 0. The first-order valence-corrected chi connectivity index (χ1v) is 5.10. The Kier molecular flexibility index (Phi) is 4.42. The lowest BCUT2D eigenvalue weighted by Gasteiger charge is -2.17. The van der Waals surface area contributed by atoms with Gasteiger partial charge < -0.3 is 10.2 Å². The van der Waals surface area contributed by atoms with E-state index in [0.29, 0.717) is 27.8 Å².